The molecule has 5 atom stereocenters. The number of ether oxygens (including phenoxy) is 5. The number of alkyl halides is 3. The Morgan fingerprint density at radius 3 is 2.29 bits per heavy atom. The van der Waals surface area contributed by atoms with Gasteiger partial charge in [-0.15, -0.1) is 0 Å². The van der Waals surface area contributed by atoms with Crippen molar-refractivity contribution in [1.82, 2.24) is 0 Å². The van der Waals surface area contributed by atoms with E-state index in [-0.39, 0.29) is 6.61 Å². The van der Waals surface area contributed by atoms with E-state index in [0.717, 1.165) is 0 Å². The topological polar surface area (TPSA) is 80.3 Å². The Morgan fingerprint density at radius 1 is 1.10 bits per heavy atom. The molecule has 0 N–H and O–H groups in total. The first-order valence-corrected chi connectivity index (χ1v) is 7.15. The van der Waals surface area contributed by atoms with Gasteiger partial charge in [0.1, 0.15) is 12.7 Å². The van der Waals surface area contributed by atoms with E-state index in [4.69, 9.17) is 58.5 Å². The molecule has 2 aliphatic rings. The lowest BCUT2D eigenvalue weighted by Gasteiger charge is -2.24. The van der Waals surface area contributed by atoms with Crippen LogP contribution in [0.4, 0.5) is 0 Å². The highest BCUT2D eigenvalue weighted by Crippen LogP contribution is 2.43. The first-order chi connectivity index (χ1) is 9.68. The van der Waals surface area contributed by atoms with Crippen LogP contribution in [0.5, 0.6) is 0 Å². The molecule has 2 rings (SSSR count). The molecule has 0 saturated carbocycles. The van der Waals surface area contributed by atoms with Crippen LogP contribution in [0.15, 0.2) is 0 Å². The lowest BCUT2D eigenvalue weighted by molar-refractivity contribution is -0.187. The lowest BCUT2D eigenvalue weighted by Crippen LogP contribution is -2.40. The predicted octanol–water partition coefficient (Wildman–Crippen LogP) is 1.32. The van der Waals surface area contributed by atoms with Crippen molar-refractivity contribution in [3.05, 3.63) is 0 Å². The molecule has 0 aromatic rings. The van der Waals surface area contributed by atoms with Crippen LogP contribution in [0, 0.1) is 0 Å². The number of fused-ring (bicyclic) bond motifs is 1. The molecule has 0 radical (unpaired) electrons. The number of esters is 2. The highest BCUT2D eigenvalue weighted by molar-refractivity contribution is 6.67. The van der Waals surface area contributed by atoms with E-state index in [2.05, 4.69) is 0 Å². The molecule has 2 heterocycles. The minimum atomic E-state index is -1.81. The van der Waals surface area contributed by atoms with Gasteiger partial charge in [-0.25, -0.2) is 0 Å². The van der Waals surface area contributed by atoms with Crippen LogP contribution in [0.2, 0.25) is 0 Å². The minimum Gasteiger partial charge on any atom is -0.463 e. The molecule has 0 aromatic heterocycles. The maximum absolute atomic E-state index is 11.2. The highest BCUT2D eigenvalue weighted by Gasteiger charge is 2.57. The smallest absolute Gasteiger partial charge is 0.303 e. The second-order valence-electron chi connectivity index (χ2n) is 4.53. The molecule has 2 fully saturated rings. The average Bonchev–Trinajstić information content (AvgIpc) is 2.85. The predicted molar refractivity (Wildman–Crippen MR) is 70.9 cm³/mol. The second-order valence-corrected chi connectivity index (χ2v) is 6.90. The molecular formula is C11H13Cl3O7. The third kappa shape index (κ3) is 4.12. The van der Waals surface area contributed by atoms with Crippen LogP contribution >= 0.6 is 34.8 Å². The molecule has 7 nitrogen and oxygen atoms in total. The van der Waals surface area contributed by atoms with Crippen LogP contribution in [-0.4, -0.2) is 53.2 Å². The van der Waals surface area contributed by atoms with Crippen molar-refractivity contribution in [2.24, 2.45) is 0 Å². The van der Waals surface area contributed by atoms with E-state index in [0.29, 0.717) is 0 Å². The van der Waals surface area contributed by atoms with Gasteiger partial charge < -0.3 is 23.7 Å². The van der Waals surface area contributed by atoms with E-state index >= 15 is 0 Å². The van der Waals surface area contributed by atoms with Gasteiger partial charge in [0.25, 0.3) is 0 Å². The minimum absolute atomic E-state index is 0.106. The quantitative estimate of drug-likeness (QED) is 0.552. The first-order valence-electron chi connectivity index (χ1n) is 6.02. The molecule has 0 amide bonds. The van der Waals surface area contributed by atoms with Gasteiger partial charge in [0, 0.05) is 13.8 Å². The van der Waals surface area contributed by atoms with E-state index in [9.17, 15) is 9.59 Å². The normalized spacial score (nSPS) is 35.4. The van der Waals surface area contributed by atoms with Crippen molar-refractivity contribution in [3.63, 3.8) is 0 Å². The van der Waals surface area contributed by atoms with Crippen molar-refractivity contribution in [2.45, 2.75) is 48.5 Å². The van der Waals surface area contributed by atoms with Crippen molar-refractivity contribution >= 4 is 46.7 Å². The summed E-state index contributed by atoms with van der Waals surface area (Å²) in [6.07, 6.45) is -4.34. The summed E-state index contributed by atoms with van der Waals surface area (Å²) in [4.78, 5) is 22.0. The number of carbonyl (C=O) groups is 2. The third-order valence-corrected chi connectivity index (χ3v) is 3.36. The highest BCUT2D eigenvalue weighted by atomic mass is 35.6. The van der Waals surface area contributed by atoms with Crippen molar-refractivity contribution in [2.75, 3.05) is 6.61 Å². The zero-order valence-electron chi connectivity index (χ0n) is 11.1. The number of hydrogen-bond donors (Lipinski definition) is 0. The van der Waals surface area contributed by atoms with Crippen molar-refractivity contribution < 1.29 is 33.3 Å². The van der Waals surface area contributed by atoms with Gasteiger partial charge in [-0.05, 0) is 0 Å². The van der Waals surface area contributed by atoms with Crippen LogP contribution in [0.3, 0.4) is 0 Å². The third-order valence-electron chi connectivity index (χ3n) is 2.83. The molecule has 21 heavy (non-hydrogen) atoms. The van der Waals surface area contributed by atoms with E-state index in [1.807, 2.05) is 0 Å². The Bertz CT molecular complexity index is 425. The largest absolute Gasteiger partial charge is 0.463 e. The molecule has 2 aliphatic heterocycles. The number of hydrogen-bond acceptors (Lipinski definition) is 7. The molecule has 10 heteroatoms. The van der Waals surface area contributed by atoms with Crippen molar-refractivity contribution in [1.29, 1.82) is 0 Å². The van der Waals surface area contributed by atoms with E-state index < -0.39 is 46.6 Å². The summed E-state index contributed by atoms with van der Waals surface area (Å²) in [5, 5.41) is 0. The standard InChI is InChI=1S/C11H13Cl3O7/c1-4(15)17-3-6-7(18-5(2)16)8-9(19-6)21-10(20-8)11(12,13)14/h6-10H,3H2,1-2H3/t6-,7-,8+,9+,10-/m0/s1. The first kappa shape index (κ1) is 17.1. The fourth-order valence-electron chi connectivity index (χ4n) is 2.06. The van der Waals surface area contributed by atoms with Gasteiger partial charge >= 0.3 is 11.9 Å². The van der Waals surface area contributed by atoms with Crippen molar-refractivity contribution in [3.8, 4) is 0 Å². The van der Waals surface area contributed by atoms with Gasteiger partial charge in [0.2, 0.25) is 10.1 Å². The summed E-state index contributed by atoms with van der Waals surface area (Å²) < 4.78 is 24.5. The second kappa shape index (κ2) is 6.44. The van der Waals surface area contributed by atoms with Crippen LogP contribution in [-0.2, 0) is 33.3 Å². The van der Waals surface area contributed by atoms with Crippen LogP contribution < -0.4 is 0 Å². The van der Waals surface area contributed by atoms with Gasteiger partial charge in [-0.2, -0.15) is 0 Å². The van der Waals surface area contributed by atoms with Gasteiger partial charge in [0.15, 0.2) is 18.5 Å². The molecule has 2 saturated heterocycles. The molecule has 0 aromatic carbocycles. The van der Waals surface area contributed by atoms with Crippen LogP contribution in [0.1, 0.15) is 13.8 Å². The zero-order chi connectivity index (χ0) is 15.8. The zero-order valence-corrected chi connectivity index (χ0v) is 13.4. The molecule has 0 aliphatic carbocycles. The molecule has 0 spiro atoms. The summed E-state index contributed by atoms with van der Waals surface area (Å²) in [5.41, 5.74) is 0. The Labute approximate surface area is 135 Å². The number of carbonyl (C=O) groups excluding carboxylic acids is 2. The maximum Gasteiger partial charge on any atom is 0.303 e. The van der Waals surface area contributed by atoms with Gasteiger partial charge in [0.05, 0.1) is 0 Å². The Balaban J connectivity index is 2.05. The number of halogens is 3. The summed E-state index contributed by atoms with van der Waals surface area (Å²) in [6.45, 7) is 2.38. The monoisotopic (exact) mass is 362 g/mol. The summed E-state index contributed by atoms with van der Waals surface area (Å²) in [7, 11) is 0. The summed E-state index contributed by atoms with van der Waals surface area (Å²) in [6, 6.07) is 0. The molecule has 0 unspecified atom stereocenters. The molecular weight excluding hydrogens is 350 g/mol. The fraction of sp³-hybridized carbons (Fsp3) is 0.818. The van der Waals surface area contributed by atoms with Gasteiger partial charge in [-0.3, -0.25) is 9.59 Å². The molecule has 120 valence electrons. The SMILES string of the molecule is CC(=O)OC[C@@H]1O[C@@H]2O[C@@H](C(Cl)(Cl)Cl)O[C@@H]2[C@H]1OC(C)=O. The average molecular weight is 364 g/mol. The summed E-state index contributed by atoms with van der Waals surface area (Å²) >= 11 is 17.1. The van der Waals surface area contributed by atoms with Gasteiger partial charge in [-0.1, -0.05) is 34.8 Å². The number of rotatable bonds is 3. The summed E-state index contributed by atoms with van der Waals surface area (Å²) in [5.74, 6) is -1.03. The van der Waals surface area contributed by atoms with E-state index in [1.165, 1.54) is 13.8 Å². The Hall–Kier alpha value is -0.310. The lowest BCUT2D eigenvalue weighted by atomic mass is 10.1. The van der Waals surface area contributed by atoms with E-state index in [1.54, 1.807) is 0 Å². The molecule has 0 bridgehead atoms. The maximum atomic E-state index is 11.2. The Kier molecular flexibility index (Phi) is 5.23. The fourth-order valence-corrected chi connectivity index (χ4v) is 2.37. The van der Waals surface area contributed by atoms with Crippen LogP contribution in [0.25, 0.3) is 0 Å². The Morgan fingerprint density at radius 2 is 1.76 bits per heavy atom.